The Morgan fingerprint density at radius 1 is 0.372 bits per heavy atom. The lowest BCUT2D eigenvalue weighted by Gasteiger charge is -2.09. The zero-order chi connectivity index (χ0) is 84.4. The topological polar surface area (TPSA) is 335 Å². The molecule has 0 atom stereocenters. The van der Waals surface area contributed by atoms with Crippen molar-refractivity contribution in [1.29, 1.82) is 0 Å². The molecule has 0 unspecified atom stereocenters. The van der Waals surface area contributed by atoms with E-state index in [0.29, 0.717) is 105 Å². The van der Waals surface area contributed by atoms with E-state index in [2.05, 4.69) is 148 Å². The van der Waals surface area contributed by atoms with Crippen LogP contribution in [-0.4, -0.2) is 105 Å². The first-order valence-corrected chi connectivity index (χ1v) is 42.5. The van der Waals surface area contributed by atoms with E-state index < -0.39 is 0 Å². The summed E-state index contributed by atoms with van der Waals surface area (Å²) in [6.45, 7) is 17.2. The minimum atomic E-state index is -0.147. The van der Waals surface area contributed by atoms with Crippen molar-refractivity contribution in [3.63, 3.8) is 0 Å². The van der Waals surface area contributed by atoms with Crippen LogP contribution >= 0.6 is 56.7 Å². The van der Waals surface area contributed by atoms with Gasteiger partial charge in [-0.2, -0.15) is 0 Å². The number of nitrogens with one attached hydrogen (secondary N) is 5. The summed E-state index contributed by atoms with van der Waals surface area (Å²) in [6, 6.07) is 42.5. The van der Waals surface area contributed by atoms with E-state index in [4.69, 9.17) is 19.7 Å². The van der Waals surface area contributed by atoms with Crippen LogP contribution in [-0.2, 0) is 28.2 Å². The quantitative estimate of drug-likeness (QED) is 0.0716. The van der Waals surface area contributed by atoms with Crippen LogP contribution in [0.4, 0.5) is 0 Å². The molecule has 0 aliphatic rings. The van der Waals surface area contributed by atoms with Crippen LogP contribution in [0.25, 0.3) is 165 Å². The first-order valence-electron chi connectivity index (χ1n) is 38.3. The molecule has 5 aromatic carbocycles. The lowest BCUT2D eigenvalue weighted by Crippen LogP contribution is -2.09. The van der Waals surface area contributed by atoms with Crippen LogP contribution in [0.15, 0.2) is 230 Å². The predicted octanol–water partition coefficient (Wildman–Crippen LogP) is 18.2. The Balaban J connectivity index is 0.000000113. The molecule has 0 saturated carbocycles. The molecule has 0 aliphatic heterocycles. The summed E-state index contributed by atoms with van der Waals surface area (Å²) in [6.07, 6.45) is 17.1. The minimum Gasteiger partial charge on any atom is -0.493 e. The molecule has 0 fully saturated rings. The Morgan fingerprint density at radius 3 is 1.16 bits per heavy atom. The summed E-state index contributed by atoms with van der Waals surface area (Å²) in [4.78, 5) is 127. The van der Waals surface area contributed by atoms with Crippen LogP contribution in [0.5, 0.6) is 5.75 Å². The van der Waals surface area contributed by atoms with E-state index in [1.807, 2.05) is 181 Å². The summed E-state index contributed by atoms with van der Waals surface area (Å²) in [5.74, 6) is 6.28. The van der Waals surface area contributed by atoms with E-state index in [1.165, 1.54) is 85.3 Å². The second-order valence-corrected chi connectivity index (χ2v) is 34.3. The molecule has 5 N–H and O–H groups in total. The number of nitrogens with zero attached hydrogens (tertiary/aromatic N) is 15. The van der Waals surface area contributed by atoms with Crippen molar-refractivity contribution >= 4 is 108 Å². The van der Waals surface area contributed by atoms with Crippen LogP contribution in [0.1, 0.15) is 45.9 Å². The highest BCUT2D eigenvalue weighted by molar-refractivity contribution is 7.20. The third kappa shape index (κ3) is 16.8. The molecule has 0 bridgehead atoms. The van der Waals surface area contributed by atoms with E-state index in [9.17, 15) is 24.0 Å². The van der Waals surface area contributed by atoms with Gasteiger partial charge in [0, 0.05) is 138 Å². The molecular formula is C90H78N20O6S5. The van der Waals surface area contributed by atoms with Gasteiger partial charge in [-0.15, -0.1) is 56.7 Å². The standard InChI is InChI=1S/C20H20N4O2S.2C18H16N4OS.C17H14N4OS.C17H12N4OS/c1-12(2)10-26-14-6-4-13(5-7-14)15-11-27-17-16(15)22-18(23-20(17)25)19-21-8-9-24(19)3;1-10-5-4-6-12(9-10)13-11(2)24-15-14(13)20-16(21-18(15)23)17-19-7-8-22(17)3;1-10-6-4-5-7-12(10)13-11(2)24-15-14(13)20-16(21-18(15)23)17-19-8-9-22(17)3;1-10-4-3-5-11(8-10)12-9-23-14-13(12)19-15(20-17(14)22)16-18-6-7-21(16)2;1-10-3-2-4-11(7-10)12-8-23-15-14(12)20-16(21-17(15)22)13-5-6-18-9-19-13/h4-9,11-12H,10H2,1-3H3,(H,22,23,25);2*4-9H,1-3H3,(H,20,21,23);3-9H,1-2H3,(H,19,20,22);2-9H,1H3,(H,20,21,22). The van der Waals surface area contributed by atoms with Crippen molar-refractivity contribution in [1.82, 2.24) is 98.0 Å². The number of hydrogen-bond donors (Lipinski definition) is 5. The Kier molecular flexibility index (Phi) is 23.1. The average molecular weight is 1700 g/mol. The number of thiophene rings is 5. The SMILES string of the molecule is CC(C)COc1ccc(-c2csc3c(=O)[nH]c(-c4nccn4C)nc23)cc1.Cc1cccc(-c2c(C)sc3c(=O)[nH]c(-c4nccn4C)nc23)c1.Cc1cccc(-c2csc3c(=O)[nH]c(-c4ccncn4)nc23)c1.Cc1cccc(-c2csc3c(=O)[nH]c(-c4nccn4C)nc23)c1.Cc1ccccc1-c1c(C)sc2c(=O)[nH]c(-c3nccn3C)nc12. The number of benzene rings is 5. The molecule has 15 aromatic heterocycles. The van der Waals surface area contributed by atoms with Crippen molar-refractivity contribution in [2.75, 3.05) is 6.61 Å². The third-order valence-electron chi connectivity index (χ3n) is 19.8. The zero-order valence-electron chi connectivity index (χ0n) is 67.6. The lowest BCUT2D eigenvalue weighted by molar-refractivity contribution is 0.271. The van der Waals surface area contributed by atoms with Gasteiger partial charge in [-0.3, -0.25) is 24.0 Å². The molecule has 15 heterocycles. The van der Waals surface area contributed by atoms with Crippen molar-refractivity contribution in [3.8, 4) is 119 Å². The van der Waals surface area contributed by atoms with Crippen LogP contribution in [0, 0.1) is 47.5 Å². The van der Waals surface area contributed by atoms with E-state index >= 15 is 0 Å². The minimum absolute atomic E-state index is 0.120. The first-order chi connectivity index (χ1) is 58.5. The fourth-order valence-corrected chi connectivity index (χ4v) is 18.6. The maximum Gasteiger partial charge on any atom is 0.269 e. The van der Waals surface area contributed by atoms with Gasteiger partial charge in [0.25, 0.3) is 27.8 Å². The van der Waals surface area contributed by atoms with E-state index in [1.54, 1.807) is 37.1 Å². The van der Waals surface area contributed by atoms with Crippen LogP contribution < -0.4 is 32.5 Å². The second-order valence-electron chi connectivity index (χ2n) is 29.2. The van der Waals surface area contributed by atoms with Gasteiger partial charge in [0.05, 0.1) is 34.2 Å². The summed E-state index contributed by atoms with van der Waals surface area (Å²) in [7, 11) is 7.51. The number of rotatable bonds is 13. The Bertz CT molecular complexity index is 7570. The van der Waals surface area contributed by atoms with Gasteiger partial charge in [0.1, 0.15) is 41.3 Å². The van der Waals surface area contributed by atoms with Crippen LogP contribution in [0.2, 0.25) is 0 Å². The van der Waals surface area contributed by atoms with Crippen LogP contribution in [0.3, 0.4) is 0 Å². The summed E-state index contributed by atoms with van der Waals surface area (Å²) in [5.41, 5.74) is 18.5. The summed E-state index contributed by atoms with van der Waals surface area (Å²) in [5, 5.41) is 5.94. The maximum absolute atomic E-state index is 12.6. The monoisotopic (exact) mass is 1690 g/mol. The number of aryl methyl sites for hydroxylation is 10. The Hall–Kier alpha value is -14.0. The summed E-state index contributed by atoms with van der Waals surface area (Å²) >= 11 is 7.19. The molecule has 31 heteroatoms. The smallest absolute Gasteiger partial charge is 0.269 e. The Labute approximate surface area is 710 Å². The molecule has 20 rings (SSSR count). The van der Waals surface area contributed by atoms with Gasteiger partial charge in [0.15, 0.2) is 52.4 Å². The molecule has 0 radical (unpaired) electrons. The normalized spacial score (nSPS) is 11.2. The highest BCUT2D eigenvalue weighted by atomic mass is 32.1. The molecule has 604 valence electrons. The molecule has 26 nitrogen and oxygen atoms in total. The number of ether oxygens (including phenoxy) is 1. The van der Waals surface area contributed by atoms with Gasteiger partial charge in [-0.05, 0) is 99.0 Å². The number of aromatic amines is 5. The van der Waals surface area contributed by atoms with Gasteiger partial charge in [-0.25, -0.2) is 54.8 Å². The average Bonchev–Trinajstić information content (AvgIpc) is 1.61. The number of fused-ring (bicyclic) bond motifs is 5. The second kappa shape index (κ2) is 34.5. The van der Waals surface area contributed by atoms with Gasteiger partial charge >= 0.3 is 0 Å². The zero-order valence-corrected chi connectivity index (χ0v) is 71.7. The molecule has 121 heavy (non-hydrogen) atoms. The summed E-state index contributed by atoms with van der Waals surface area (Å²) < 4.78 is 16.3. The molecular weight excluding hydrogens is 1620 g/mol. The number of aromatic nitrogens is 20. The van der Waals surface area contributed by atoms with Gasteiger partial charge < -0.3 is 47.9 Å². The molecule has 0 saturated heterocycles. The number of imidazole rings is 4. The largest absolute Gasteiger partial charge is 0.493 e. The van der Waals surface area contributed by atoms with Crippen molar-refractivity contribution in [3.05, 3.63) is 289 Å². The third-order valence-corrected chi connectivity index (χ3v) is 24.9. The maximum atomic E-state index is 12.6. The highest BCUT2D eigenvalue weighted by Crippen LogP contribution is 2.41. The highest BCUT2D eigenvalue weighted by Gasteiger charge is 2.24. The van der Waals surface area contributed by atoms with E-state index in [0.717, 1.165) is 87.7 Å². The first kappa shape index (κ1) is 80.8. The van der Waals surface area contributed by atoms with Gasteiger partial charge in [-0.1, -0.05) is 140 Å². The Morgan fingerprint density at radius 2 is 0.752 bits per heavy atom. The van der Waals surface area contributed by atoms with Gasteiger partial charge in [0.2, 0.25) is 0 Å². The van der Waals surface area contributed by atoms with E-state index in [-0.39, 0.29) is 27.8 Å². The fourth-order valence-electron chi connectivity index (χ4n) is 13.9. The van der Waals surface area contributed by atoms with Crippen molar-refractivity contribution < 1.29 is 4.74 Å². The van der Waals surface area contributed by atoms with Crippen molar-refractivity contribution in [2.45, 2.75) is 55.4 Å². The molecule has 0 amide bonds. The number of hydrogen-bond acceptors (Lipinski definition) is 22. The molecule has 0 aliphatic carbocycles. The van der Waals surface area contributed by atoms with Crippen molar-refractivity contribution in [2.24, 2.45) is 34.1 Å². The lowest BCUT2D eigenvalue weighted by atomic mass is 10.0. The fraction of sp³-hybridized carbons (Fsp3) is 0.156. The predicted molar refractivity (Wildman–Crippen MR) is 487 cm³/mol. The number of H-pyrrole nitrogens is 5. The molecule has 20 aromatic rings. The molecule has 0 spiro atoms.